The third-order valence-electron chi connectivity index (χ3n) is 4.76. The Bertz CT molecular complexity index is 856. The van der Waals surface area contributed by atoms with Crippen molar-refractivity contribution in [3.05, 3.63) is 48.8 Å². The molecule has 0 unspecified atom stereocenters. The van der Waals surface area contributed by atoms with E-state index in [-0.39, 0.29) is 5.75 Å². The first-order chi connectivity index (χ1) is 11.8. The first-order valence-electron chi connectivity index (χ1n) is 8.60. The van der Waals surface area contributed by atoms with Crippen LogP contribution in [0, 0.1) is 0 Å². The molecule has 1 aliphatic carbocycles. The van der Waals surface area contributed by atoms with Gasteiger partial charge in [-0.25, -0.2) is 9.97 Å². The molecule has 24 heavy (non-hydrogen) atoms. The van der Waals surface area contributed by atoms with Gasteiger partial charge in [0.2, 0.25) is 0 Å². The van der Waals surface area contributed by atoms with E-state index in [9.17, 15) is 5.11 Å². The largest absolute Gasteiger partial charge is 0.508 e. The molecule has 122 valence electrons. The number of rotatable bonds is 3. The lowest BCUT2D eigenvalue weighted by Gasteiger charge is -2.23. The third kappa shape index (κ3) is 3.04. The zero-order chi connectivity index (χ0) is 16.4. The molecule has 1 aliphatic rings. The lowest BCUT2D eigenvalue weighted by Crippen LogP contribution is -2.23. The molecule has 3 aromatic rings. The lowest BCUT2D eigenvalue weighted by molar-refractivity contribution is 0.462. The van der Waals surface area contributed by atoms with Gasteiger partial charge in [-0.1, -0.05) is 37.5 Å². The number of fused-ring (bicyclic) bond motifs is 1. The molecule has 4 heteroatoms. The van der Waals surface area contributed by atoms with E-state index in [0.717, 1.165) is 27.8 Å². The van der Waals surface area contributed by atoms with Gasteiger partial charge < -0.3 is 10.4 Å². The summed E-state index contributed by atoms with van der Waals surface area (Å²) in [6, 6.07) is 14.0. The Morgan fingerprint density at radius 3 is 2.58 bits per heavy atom. The first kappa shape index (κ1) is 14.9. The Hall–Kier alpha value is -2.62. The summed E-state index contributed by atoms with van der Waals surface area (Å²) in [5.74, 6) is 1.19. The number of phenolic OH excluding ortho intramolecular Hbond substituents is 1. The Morgan fingerprint density at radius 2 is 1.75 bits per heavy atom. The molecule has 0 radical (unpaired) electrons. The van der Waals surface area contributed by atoms with Gasteiger partial charge in [-0.05, 0) is 48.2 Å². The summed E-state index contributed by atoms with van der Waals surface area (Å²) >= 11 is 0. The third-order valence-corrected chi connectivity index (χ3v) is 4.76. The van der Waals surface area contributed by atoms with E-state index >= 15 is 0 Å². The molecule has 0 atom stereocenters. The second kappa shape index (κ2) is 6.48. The molecular formula is C20H21N3O. The zero-order valence-corrected chi connectivity index (χ0v) is 13.6. The Labute approximate surface area is 141 Å². The van der Waals surface area contributed by atoms with Crippen molar-refractivity contribution in [1.82, 2.24) is 9.97 Å². The molecule has 2 aromatic carbocycles. The van der Waals surface area contributed by atoms with E-state index in [0.29, 0.717) is 6.04 Å². The van der Waals surface area contributed by atoms with Crippen LogP contribution in [0.4, 0.5) is 5.82 Å². The fraction of sp³-hybridized carbons (Fsp3) is 0.300. The van der Waals surface area contributed by atoms with Crippen molar-refractivity contribution in [1.29, 1.82) is 0 Å². The molecule has 1 fully saturated rings. The summed E-state index contributed by atoms with van der Waals surface area (Å²) in [5, 5.41) is 14.4. The predicted octanol–water partition coefficient (Wildman–Crippen LogP) is 4.75. The molecule has 0 aliphatic heterocycles. The molecule has 2 N–H and O–H groups in total. The Morgan fingerprint density at radius 1 is 0.917 bits per heavy atom. The van der Waals surface area contributed by atoms with Crippen molar-refractivity contribution in [3.63, 3.8) is 0 Å². The summed E-state index contributed by atoms with van der Waals surface area (Å²) in [6.45, 7) is 0. The molecular weight excluding hydrogens is 298 g/mol. The van der Waals surface area contributed by atoms with Gasteiger partial charge >= 0.3 is 0 Å². The van der Waals surface area contributed by atoms with Crippen LogP contribution in [-0.2, 0) is 0 Å². The smallest absolute Gasteiger partial charge is 0.137 e. The lowest BCUT2D eigenvalue weighted by atomic mass is 9.95. The molecule has 0 spiro atoms. The van der Waals surface area contributed by atoms with E-state index in [4.69, 9.17) is 0 Å². The van der Waals surface area contributed by atoms with Gasteiger partial charge in [0.05, 0.1) is 5.52 Å². The van der Waals surface area contributed by atoms with Crippen LogP contribution in [0.2, 0.25) is 0 Å². The highest BCUT2D eigenvalue weighted by molar-refractivity contribution is 5.92. The maximum atomic E-state index is 9.72. The minimum atomic E-state index is 0.275. The van der Waals surface area contributed by atoms with Gasteiger partial charge in [-0.3, -0.25) is 0 Å². The molecule has 1 saturated carbocycles. The van der Waals surface area contributed by atoms with Crippen LogP contribution >= 0.6 is 0 Å². The fourth-order valence-electron chi connectivity index (χ4n) is 3.48. The number of hydrogen-bond donors (Lipinski definition) is 2. The average Bonchev–Trinajstić information content (AvgIpc) is 2.63. The molecule has 0 saturated heterocycles. The van der Waals surface area contributed by atoms with Crippen LogP contribution in [0.25, 0.3) is 22.0 Å². The van der Waals surface area contributed by atoms with Crippen LogP contribution in [0.15, 0.2) is 48.8 Å². The first-order valence-corrected chi connectivity index (χ1v) is 8.60. The number of nitrogens with one attached hydrogen (secondary N) is 1. The molecule has 1 heterocycles. The highest BCUT2D eigenvalue weighted by Gasteiger charge is 2.15. The van der Waals surface area contributed by atoms with Gasteiger partial charge in [0.15, 0.2) is 0 Å². The second-order valence-electron chi connectivity index (χ2n) is 6.48. The summed E-state index contributed by atoms with van der Waals surface area (Å²) in [6.07, 6.45) is 7.95. The monoisotopic (exact) mass is 319 g/mol. The minimum absolute atomic E-state index is 0.275. The number of aromatic nitrogens is 2. The number of hydrogen-bond acceptors (Lipinski definition) is 4. The maximum Gasteiger partial charge on any atom is 0.137 e. The Balaban J connectivity index is 1.73. The standard InChI is InChI=1S/C20H21N3O/c24-17-8-4-5-14(11-17)15-9-10-19-18(12-15)20(22-13-21-19)23-16-6-2-1-3-7-16/h4-5,8-13,16,24H,1-3,6-7H2,(H,21,22,23). The van der Waals surface area contributed by atoms with E-state index in [1.807, 2.05) is 24.3 Å². The molecule has 1 aromatic heterocycles. The van der Waals surface area contributed by atoms with Crippen molar-refractivity contribution in [2.75, 3.05) is 5.32 Å². The fourth-order valence-corrected chi connectivity index (χ4v) is 3.48. The van der Waals surface area contributed by atoms with Crippen LogP contribution < -0.4 is 5.32 Å². The Kier molecular flexibility index (Phi) is 4.03. The van der Waals surface area contributed by atoms with Crippen molar-refractivity contribution < 1.29 is 5.11 Å². The van der Waals surface area contributed by atoms with Crippen molar-refractivity contribution >= 4 is 16.7 Å². The topological polar surface area (TPSA) is 58.0 Å². The number of nitrogens with zero attached hydrogens (tertiary/aromatic N) is 2. The van der Waals surface area contributed by atoms with Crippen molar-refractivity contribution in [2.45, 2.75) is 38.1 Å². The summed E-state index contributed by atoms with van der Waals surface area (Å²) in [7, 11) is 0. The SMILES string of the molecule is Oc1cccc(-c2ccc3ncnc(NC4CCCCC4)c3c2)c1. The van der Waals surface area contributed by atoms with E-state index < -0.39 is 0 Å². The normalized spacial score (nSPS) is 15.5. The molecule has 0 amide bonds. The number of benzene rings is 2. The van der Waals surface area contributed by atoms with Crippen molar-refractivity contribution in [2.24, 2.45) is 0 Å². The minimum Gasteiger partial charge on any atom is -0.508 e. The van der Waals surface area contributed by atoms with E-state index in [2.05, 4.69) is 21.4 Å². The highest BCUT2D eigenvalue weighted by Crippen LogP contribution is 2.30. The average molecular weight is 319 g/mol. The van der Waals surface area contributed by atoms with Crippen LogP contribution in [0.1, 0.15) is 32.1 Å². The van der Waals surface area contributed by atoms with Gasteiger partial charge in [-0.2, -0.15) is 0 Å². The summed E-state index contributed by atoms with van der Waals surface area (Å²) in [4.78, 5) is 8.87. The second-order valence-corrected chi connectivity index (χ2v) is 6.48. The molecule has 4 nitrogen and oxygen atoms in total. The quantitative estimate of drug-likeness (QED) is 0.731. The highest BCUT2D eigenvalue weighted by atomic mass is 16.3. The van der Waals surface area contributed by atoms with Gasteiger partial charge in [0, 0.05) is 11.4 Å². The molecule has 0 bridgehead atoms. The van der Waals surface area contributed by atoms with Gasteiger partial charge in [-0.15, -0.1) is 0 Å². The predicted molar refractivity (Wildman–Crippen MR) is 97.1 cm³/mol. The van der Waals surface area contributed by atoms with E-state index in [1.165, 1.54) is 32.1 Å². The summed E-state index contributed by atoms with van der Waals surface area (Å²) in [5.41, 5.74) is 2.98. The van der Waals surface area contributed by atoms with Crippen LogP contribution in [-0.4, -0.2) is 21.1 Å². The zero-order valence-electron chi connectivity index (χ0n) is 13.6. The maximum absolute atomic E-state index is 9.72. The van der Waals surface area contributed by atoms with Crippen LogP contribution in [0.3, 0.4) is 0 Å². The van der Waals surface area contributed by atoms with Crippen molar-refractivity contribution in [3.8, 4) is 16.9 Å². The number of phenols is 1. The van der Waals surface area contributed by atoms with Crippen LogP contribution in [0.5, 0.6) is 5.75 Å². The van der Waals surface area contributed by atoms with Gasteiger partial charge in [0.1, 0.15) is 17.9 Å². The summed E-state index contributed by atoms with van der Waals surface area (Å²) < 4.78 is 0. The van der Waals surface area contributed by atoms with E-state index in [1.54, 1.807) is 18.5 Å². The molecule has 4 rings (SSSR count). The number of aromatic hydroxyl groups is 1. The number of anilines is 1. The van der Waals surface area contributed by atoms with Gasteiger partial charge in [0.25, 0.3) is 0 Å².